The summed E-state index contributed by atoms with van der Waals surface area (Å²) in [5.74, 6) is -0.0873. The third-order valence-corrected chi connectivity index (χ3v) is 6.62. The molecule has 1 fully saturated rings. The van der Waals surface area contributed by atoms with Crippen LogP contribution in [0, 0.1) is 5.41 Å². The van der Waals surface area contributed by atoms with Gasteiger partial charge >= 0.3 is 5.97 Å². The van der Waals surface area contributed by atoms with Crippen molar-refractivity contribution in [1.29, 1.82) is 0 Å². The number of carbonyl (C=O) groups excluding carboxylic acids is 1. The summed E-state index contributed by atoms with van der Waals surface area (Å²) in [6.07, 6.45) is 5.29. The molecule has 5 rings (SSSR count). The molecule has 1 aromatic carbocycles. The molecule has 1 aliphatic carbocycles. The molecular weight excluding hydrogens is 312 g/mol. The number of H-pyrrole nitrogens is 1. The Labute approximate surface area is 147 Å². The Kier molecular flexibility index (Phi) is 3.03. The van der Waals surface area contributed by atoms with Crippen molar-refractivity contribution >= 4 is 16.9 Å². The molecule has 2 bridgehead atoms. The van der Waals surface area contributed by atoms with Crippen molar-refractivity contribution in [2.24, 2.45) is 5.41 Å². The number of rotatable bonds is 2. The zero-order valence-corrected chi connectivity index (χ0v) is 14.9. The van der Waals surface area contributed by atoms with Crippen molar-refractivity contribution in [2.75, 3.05) is 26.7 Å². The van der Waals surface area contributed by atoms with E-state index in [1.54, 1.807) is 0 Å². The molecule has 3 atom stereocenters. The maximum absolute atomic E-state index is 13.0. The molecule has 130 valence electrons. The molecule has 0 radical (unpaired) electrons. The van der Waals surface area contributed by atoms with Gasteiger partial charge in [-0.1, -0.05) is 36.8 Å². The van der Waals surface area contributed by atoms with E-state index in [2.05, 4.69) is 47.1 Å². The molecule has 25 heavy (non-hydrogen) atoms. The fraction of sp³-hybridized carbons (Fsp3) is 0.476. The third-order valence-electron chi connectivity index (χ3n) is 6.62. The monoisotopic (exact) mass is 336 g/mol. The summed E-state index contributed by atoms with van der Waals surface area (Å²) in [5, 5.41) is 1.25. The molecule has 3 heterocycles. The van der Waals surface area contributed by atoms with E-state index in [0.29, 0.717) is 0 Å². The van der Waals surface area contributed by atoms with Crippen LogP contribution in [-0.2, 0) is 21.4 Å². The lowest BCUT2D eigenvalue weighted by molar-refractivity contribution is -0.145. The van der Waals surface area contributed by atoms with Crippen LogP contribution in [0.25, 0.3) is 10.9 Å². The van der Waals surface area contributed by atoms with Gasteiger partial charge in [0.25, 0.3) is 0 Å². The second-order valence-corrected chi connectivity index (χ2v) is 7.87. The lowest BCUT2D eigenvalue weighted by atomic mass is 9.81. The molecule has 1 N–H and O–H groups in total. The minimum Gasteiger partial charge on any atom is -0.468 e. The second kappa shape index (κ2) is 4.98. The number of nitrogens with one attached hydrogen (secondary N) is 1. The van der Waals surface area contributed by atoms with E-state index in [-0.39, 0.29) is 11.4 Å². The van der Waals surface area contributed by atoms with Crippen LogP contribution in [0.1, 0.15) is 31.0 Å². The fourth-order valence-electron chi connectivity index (χ4n) is 5.37. The smallest absolute Gasteiger partial charge is 0.318 e. The highest BCUT2D eigenvalue weighted by Gasteiger charge is 2.75. The molecular formula is C21H24N2O2. The molecule has 2 aliphatic heterocycles. The summed E-state index contributed by atoms with van der Waals surface area (Å²) >= 11 is 0. The van der Waals surface area contributed by atoms with Gasteiger partial charge in [0.05, 0.1) is 7.11 Å². The first-order chi connectivity index (χ1) is 12.1. The number of esters is 1. The van der Waals surface area contributed by atoms with Gasteiger partial charge in [0.1, 0.15) is 5.41 Å². The molecule has 3 aliphatic rings. The van der Waals surface area contributed by atoms with Crippen molar-refractivity contribution in [2.45, 2.75) is 31.6 Å². The number of hydrogen-bond donors (Lipinski definition) is 1. The number of para-hydroxylation sites is 1. The second-order valence-electron chi connectivity index (χ2n) is 7.87. The molecule has 4 nitrogen and oxygen atoms in total. The summed E-state index contributed by atoms with van der Waals surface area (Å²) in [7, 11) is 1.52. The largest absolute Gasteiger partial charge is 0.468 e. The van der Waals surface area contributed by atoms with Gasteiger partial charge in [-0.25, -0.2) is 0 Å². The minimum atomic E-state index is -0.546. The standard InChI is InChI=1S/C21H24N2O2/c1-3-14-10-20-12-21(20,19(24)25-2)18-16(8-9-23(11-14)13-20)15-6-4-5-7-17(15)22-18/h4-7,10,22H,3,8-9,11-13H2,1-2H3/t20-,21+/m0/s1. The Morgan fingerprint density at radius 2 is 2.20 bits per heavy atom. The lowest BCUT2D eigenvalue weighted by Crippen LogP contribution is -2.44. The summed E-state index contributed by atoms with van der Waals surface area (Å²) in [6, 6.07) is 8.42. The average molecular weight is 336 g/mol. The van der Waals surface area contributed by atoms with Crippen molar-refractivity contribution in [3.8, 4) is 0 Å². The number of aromatic nitrogens is 1. The first-order valence-electron chi connectivity index (χ1n) is 9.25. The van der Waals surface area contributed by atoms with Crippen molar-refractivity contribution in [3.05, 3.63) is 47.2 Å². The highest BCUT2D eigenvalue weighted by atomic mass is 16.5. The van der Waals surface area contributed by atoms with Gasteiger partial charge in [-0.2, -0.15) is 0 Å². The molecule has 1 aromatic heterocycles. The van der Waals surface area contributed by atoms with Gasteiger partial charge in [-0.05, 0) is 30.9 Å². The highest BCUT2D eigenvalue weighted by Crippen LogP contribution is 2.69. The number of hydrogen-bond acceptors (Lipinski definition) is 3. The molecule has 2 aromatic rings. The fourth-order valence-corrected chi connectivity index (χ4v) is 5.37. The molecule has 1 saturated carbocycles. The molecule has 1 spiro atoms. The van der Waals surface area contributed by atoms with Crippen molar-refractivity contribution < 1.29 is 9.53 Å². The Morgan fingerprint density at radius 1 is 1.36 bits per heavy atom. The van der Waals surface area contributed by atoms with Crippen LogP contribution in [0.5, 0.6) is 0 Å². The minimum absolute atomic E-state index is 0.0873. The normalized spacial score (nSPS) is 32.9. The van der Waals surface area contributed by atoms with Crippen LogP contribution >= 0.6 is 0 Å². The van der Waals surface area contributed by atoms with E-state index in [0.717, 1.165) is 50.1 Å². The van der Waals surface area contributed by atoms with Crippen molar-refractivity contribution in [3.63, 3.8) is 0 Å². The number of ether oxygens (including phenoxy) is 1. The summed E-state index contributed by atoms with van der Waals surface area (Å²) in [5.41, 5.74) is 4.34. The van der Waals surface area contributed by atoms with E-state index in [1.807, 2.05) is 0 Å². The van der Waals surface area contributed by atoms with Crippen LogP contribution in [0.2, 0.25) is 0 Å². The molecule has 0 amide bonds. The van der Waals surface area contributed by atoms with Crippen molar-refractivity contribution in [1.82, 2.24) is 9.88 Å². The maximum Gasteiger partial charge on any atom is 0.318 e. The van der Waals surface area contributed by atoms with Crippen LogP contribution in [0.15, 0.2) is 35.9 Å². The van der Waals surface area contributed by atoms with E-state index in [4.69, 9.17) is 4.74 Å². The van der Waals surface area contributed by atoms with Crippen LogP contribution < -0.4 is 0 Å². The van der Waals surface area contributed by atoms with Crippen LogP contribution in [-0.4, -0.2) is 42.6 Å². The Balaban J connectivity index is 1.79. The predicted molar refractivity (Wildman–Crippen MR) is 97.6 cm³/mol. The number of benzene rings is 1. The molecule has 4 heteroatoms. The topological polar surface area (TPSA) is 45.3 Å². The molecule has 1 unspecified atom stereocenters. The zero-order chi connectivity index (χ0) is 17.2. The SMILES string of the molecule is CCC1=C[C@]23CN(CCc4c([nH]c5ccccc45)[C@@]2(C(=O)OC)C3)C1. The van der Waals surface area contributed by atoms with E-state index < -0.39 is 5.41 Å². The van der Waals surface area contributed by atoms with E-state index in [9.17, 15) is 4.79 Å². The Hall–Kier alpha value is -2.07. The predicted octanol–water partition coefficient (Wildman–Crippen LogP) is 3.18. The highest BCUT2D eigenvalue weighted by molar-refractivity contribution is 5.94. The summed E-state index contributed by atoms with van der Waals surface area (Å²) in [4.78, 5) is 19.2. The van der Waals surface area contributed by atoms with Gasteiger partial charge in [0, 0.05) is 41.6 Å². The number of carbonyl (C=O) groups is 1. The maximum atomic E-state index is 13.0. The van der Waals surface area contributed by atoms with Gasteiger partial charge in [0.2, 0.25) is 0 Å². The molecule has 0 saturated heterocycles. The van der Waals surface area contributed by atoms with Gasteiger partial charge in [0.15, 0.2) is 0 Å². The third kappa shape index (κ3) is 1.83. The Morgan fingerprint density at radius 3 is 3.00 bits per heavy atom. The van der Waals surface area contributed by atoms with Crippen LogP contribution in [0.4, 0.5) is 0 Å². The van der Waals surface area contributed by atoms with E-state index >= 15 is 0 Å². The number of fused-ring (bicyclic) bond motifs is 5. The van der Waals surface area contributed by atoms with E-state index in [1.165, 1.54) is 23.6 Å². The lowest BCUT2D eigenvalue weighted by Gasteiger charge is -2.37. The summed E-state index contributed by atoms with van der Waals surface area (Å²) in [6.45, 7) is 5.25. The zero-order valence-electron chi connectivity index (χ0n) is 14.9. The number of methoxy groups -OCH3 is 1. The van der Waals surface area contributed by atoms with Gasteiger partial charge < -0.3 is 9.72 Å². The van der Waals surface area contributed by atoms with Gasteiger partial charge in [-0.15, -0.1) is 0 Å². The number of nitrogens with zero attached hydrogens (tertiary/aromatic N) is 1. The first kappa shape index (κ1) is 15.2. The summed E-state index contributed by atoms with van der Waals surface area (Å²) < 4.78 is 5.33. The van der Waals surface area contributed by atoms with Gasteiger partial charge in [-0.3, -0.25) is 9.69 Å². The Bertz CT molecular complexity index is 912. The average Bonchev–Trinajstić information content (AvgIpc) is 3.09. The van der Waals surface area contributed by atoms with Crippen LogP contribution in [0.3, 0.4) is 0 Å². The quantitative estimate of drug-likeness (QED) is 0.677. The number of aromatic amines is 1. The first-order valence-corrected chi connectivity index (χ1v) is 9.25.